The van der Waals surface area contributed by atoms with E-state index in [0.29, 0.717) is 38.6 Å². The number of alkyl halides is 2. The number of aryl methyl sites for hydroxylation is 1. The van der Waals surface area contributed by atoms with E-state index in [4.69, 9.17) is 16.7 Å². The van der Waals surface area contributed by atoms with E-state index in [9.17, 15) is 22.8 Å². The molecule has 0 bridgehead atoms. The minimum Gasteiger partial charge on any atom is -0.477 e. The normalized spacial score (nSPS) is 12.3. The smallest absolute Gasteiger partial charge is 0.374 e. The molecule has 1 amide bonds. The Morgan fingerprint density at radius 1 is 1.00 bits per heavy atom. The quantitative estimate of drug-likeness (QED) is 0.248. The minimum atomic E-state index is -3.87. The third-order valence-electron chi connectivity index (χ3n) is 6.05. The number of nitrogens with zero attached hydrogens (tertiary/aromatic N) is 2. The van der Waals surface area contributed by atoms with E-state index < -0.39 is 24.1 Å². The third-order valence-corrected chi connectivity index (χ3v) is 6.30. The molecule has 0 saturated carbocycles. The third kappa shape index (κ3) is 6.28. The first-order valence-electron chi connectivity index (χ1n) is 11.8. The highest BCUT2D eigenvalue weighted by Crippen LogP contribution is 2.28. The fourth-order valence-corrected chi connectivity index (χ4v) is 4.07. The first-order chi connectivity index (χ1) is 18.0. The number of fused-ring (bicyclic) bond motifs is 1. The fraction of sp³-hybridized carbons (Fsp3) is 0.214. The maximum Gasteiger partial charge on any atom is 0.374 e. The number of nitrogens with one attached hydrogen (secondary N) is 1. The molecule has 0 saturated heterocycles. The number of amides is 1. The first kappa shape index (κ1) is 27.1. The van der Waals surface area contributed by atoms with Gasteiger partial charge in [0.1, 0.15) is 5.82 Å². The fourth-order valence-electron chi connectivity index (χ4n) is 3.94. The number of hydrogen-bond donors (Lipinski definition) is 2. The maximum absolute atomic E-state index is 13.6. The van der Waals surface area contributed by atoms with Gasteiger partial charge in [-0.2, -0.15) is 8.78 Å². The van der Waals surface area contributed by atoms with Crippen molar-refractivity contribution >= 4 is 34.5 Å². The van der Waals surface area contributed by atoms with E-state index in [1.807, 2.05) is 19.1 Å². The van der Waals surface area contributed by atoms with E-state index in [0.717, 1.165) is 5.56 Å². The van der Waals surface area contributed by atoms with Crippen molar-refractivity contribution in [2.24, 2.45) is 0 Å². The SMILES string of the molecule is C[C@@H](NC(=O)c1ccc2nc(-c3ccc(F)cc3)c(CCCC(F)(F)C(=O)O)nc2c1)c1ccc(Cl)cc1. The van der Waals surface area contributed by atoms with E-state index in [2.05, 4.69) is 15.3 Å². The van der Waals surface area contributed by atoms with Crippen LogP contribution in [-0.2, 0) is 11.2 Å². The maximum atomic E-state index is 13.6. The zero-order chi connectivity index (χ0) is 27.4. The molecule has 0 fully saturated rings. The number of carbonyl (C=O) groups is 2. The summed E-state index contributed by atoms with van der Waals surface area (Å²) in [4.78, 5) is 32.9. The predicted molar refractivity (Wildman–Crippen MR) is 138 cm³/mol. The summed E-state index contributed by atoms with van der Waals surface area (Å²) in [6, 6.07) is 17.1. The number of rotatable bonds is 9. The monoisotopic (exact) mass is 541 g/mol. The van der Waals surface area contributed by atoms with Crippen LogP contribution in [0.15, 0.2) is 66.7 Å². The standard InChI is InChI=1S/C28H23ClF3N3O3/c1-16(17-4-9-20(29)10-5-17)33-26(36)19-8-13-22-24(15-19)34-23(3-2-14-28(31,32)27(37)38)25(35-22)18-6-11-21(30)12-7-18/h4-13,15-16H,2-3,14H2,1H3,(H,33,36)(H,37,38)/t16-/m1/s1. The van der Waals surface area contributed by atoms with Crippen molar-refractivity contribution in [1.82, 2.24) is 15.3 Å². The summed E-state index contributed by atoms with van der Waals surface area (Å²) < 4.78 is 40.7. The molecule has 4 aromatic rings. The number of aromatic nitrogens is 2. The van der Waals surface area contributed by atoms with Gasteiger partial charge in [-0.1, -0.05) is 23.7 Å². The van der Waals surface area contributed by atoms with Gasteiger partial charge in [0, 0.05) is 22.6 Å². The van der Waals surface area contributed by atoms with Crippen LogP contribution in [0.25, 0.3) is 22.3 Å². The van der Waals surface area contributed by atoms with Gasteiger partial charge in [-0.25, -0.2) is 19.2 Å². The minimum absolute atomic E-state index is 0.00252. The van der Waals surface area contributed by atoms with Gasteiger partial charge in [-0.05, 0) is 79.9 Å². The van der Waals surface area contributed by atoms with Crippen LogP contribution in [0, 0.1) is 5.82 Å². The number of benzene rings is 3. The Morgan fingerprint density at radius 2 is 1.68 bits per heavy atom. The van der Waals surface area contributed by atoms with Crippen LogP contribution in [0.5, 0.6) is 0 Å². The zero-order valence-corrected chi connectivity index (χ0v) is 21.0. The molecule has 196 valence electrons. The van der Waals surface area contributed by atoms with Gasteiger partial charge in [0.25, 0.3) is 5.91 Å². The number of aliphatic carboxylic acids is 1. The van der Waals surface area contributed by atoms with Gasteiger partial charge in [-0.15, -0.1) is 0 Å². The molecule has 4 rings (SSSR count). The summed E-state index contributed by atoms with van der Waals surface area (Å²) in [7, 11) is 0. The average molecular weight is 542 g/mol. The summed E-state index contributed by atoms with van der Waals surface area (Å²) >= 11 is 5.93. The Hall–Kier alpha value is -3.98. The van der Waals surface area contributed by atoms with Gasteiger partial charge >= 0.3 is 11.9 Å². The number of halogens is 4. The summed E-state index contributed by atoms with van der Waals surface area (Å²) in [6.45, 7) is 1.84. The molecule has 0 spiro atoms. The van der Waals surface area contributed by atoms with Gasteiger partial charge in [0.05, 0.1) is 28.5 Å². The van der Waals surface area contributed by atoms with Crippen LogP contribution < -0.4 is 5.32 Å². The van der Waals surface area contributed by atoms with Crippen molar-refractivity contribution in [2.75, 3.05) is 0 Å². The van der Waals surface area contributed by atoms with Crippen LogP contribution in [0.3, 0.4) is 0 Å². The number of carbonyl (C=O) groups excluding carboxylic acids is 1. The second-order valence-electron chi connectivity index (χ2n) is 8.84. The second-order valence-corrected chi connectivity index (χ2v) is 9.28. The predicted octanol–water partition coefficient (Wildman–Crippen LogP) is 6.62. The lowest BCUT2D eigenvalue weighted by Gasteiger charge is -2.15. The average Bonchev–Trinajstić information content (AvgIpc) is 2.88. The molecule has 3 aromatic carbocycles. The van der Waals surface area contributed by atoms with Crippen LogP contribution >= 0.6 is 11.6 Å². The molecule has 0 radical (unpaired) electrons. The Labute approximate surface area is 221 Å². The van der Waals surface area contributed by atoms with Gasteiger partial charge in [0.15, 0.2) is 0 Å². The largest absolute Gasteiger partial charge is 0.477 e. The van der Waals surface area contributed by atoms with Crippen molar-refractivity contribution in [3.63, 3.8) is 0 Å². The Morgan fingerprint density at radius 3 is 2.34 bits per heavy atom. The molecule has 2 N–H and O–H groups in total. The highest BCUT2D eigenvalue weighted by molar-refractivity contribution is 6.30. The number of hydrogen-bond acceptors (Lipinski definition) is 4. The second kappa shape index (κ2) is 11.2. The molecule has 38 heavy (non-hydrogen) atoms. The van der Waals surface area contributed by atoms with E-state index in [1.54, 1.807) is 30.3 Å². The van der Waals surface area contributed by atoms with Crippen LogP contribution in [0.4, 0.5) is 13.2 Å². The van der Waals surface area contributed by atoms with E-state index in [1.165, 1.54) is 24.3 Å². The van der Waals surface area contributed by atoms with Gasteiger partial charge in [0.2, 0.25) is 0 Å². The number of carboxylic acid groups (broad SMARTS) is 1. The molecule has 10 heteroatoms. The van der Waals surface area contributed by atoms with Crippen LogP contribution in [0.1, 0.15) is 47.4 Å². The Bertz CT molecular complexity index is 1480. The number of carboxylic acids is 1. The summed E-state index contributed by atoms with van der Waals surface area (Å²) in [5.74, 6) is -6.86. The summed E-state index contributed by atoms with van der Waals surface area (Å²) in [5, 5.41) is 12.2. The molecule has 1 heterocycles. The molecule has 0 unspecified atom stereocenters. The molecular formula is C28H23ClF3N3O3. The van der Waals surface area contributed by atoms with E-state index >= 15 is 0 Å². The molecule has 1 aromatic heterocycles. The topological polar surface area (TPSA) is 92.2 Å². The molecule has 6 nitrogen and oxygen atoms in total. The molecule has 0 aliphatic heterocycles. The molecule has 1 atom stereocenters. The lowest BCUT2D eigenvalue weighted by atomic mass is 10.0. The highest BCUT2D eigenvalue weighted by atomic mass is 35.5. The summed E-state index contributed by atoms with van der Waals surface area (Å²) in [6.07, 6.45) is -1.05. The molecule has 0 aliphatic carbocycles. The van der Waals surface area contributed by atoms with Crippen molar-refractivity contribution < 1.29 is 27.9 Å². The van der Waals surface area contributed by atoms with Crippen LogP contribution in [-0.4, -0.2) is 32.9 Å². The lowest BCUT2D eigenvalue weighted by molar-refractivity contribution is -0.165. The summed E-state index contributed by atoms with van der Waals surface area (Å²) in [5.41, 5.74) is 3.23. The lowest BCUT2D eigenvalue weighted by Crippen LogP contribution is -2.28. The Balaban J connectivity index is 1.64. The first-order valence-corrected chi connectivity index (χ1v) is 12.2. The highest BCUT2D eigenvalue weighted by Gasteiger charge is 2.37. The Kier molecular flexibility index (Phi) is 7.97. The van der Waals surface area contributed by atoms with Crippen molar-refractivity contribution in [1.29, 1.82) is 0 Å². The molecule has 0 aliphatic rings. The van der Waals surface area contributed by atoms with E-state index in [-0.39, 0.29) is 24.8 Å². The van der Waals surface area contributed by atoms with Crippen LogP contribution in [0.2, 0.25) is 5.02 Å². The van der Waals surface area contributed by atoms with Crippen molar-refractivity contribution in [3.8, 4) is 11.3 Å². The van der Waals surface area contributed by atoms with Gasteiger partial charge < -0.3 is 10.4 Å². The van der Waals surface area contributed by atoms with Crippen molar-refractivity contribution in [2.45, 2.75) is 38.2 Å². The molecular weight excluding hydrogens is 519 g/mol. The van der Waals surface area contributed by atoms with Crippen molar-refractivity contribution in [3.05, 3.63) is 94.4 Å². The zero-order valence-electron chi connectivity index (χ0n) is 20.2. The van der Waals surface area contributed by atoms with Gasteiger partial charge in [-0.3, -0.25) is 4.79 Å².